The average molecular weight is 367 g/mol. The van der Waals surface area contributed by atoms with E-state index in [2.05, 4.69) is 76.6 Å². The van der Waals surface area contributed by atoms with Crippen molar-refractivity contribution in [2.24, 2.45) is 4.99 Å². The predicted octanol–water partition coefficient (Wildman–Crippen LogP) is 5.92. The molecule has 23 heavy (non-hydrogen) atoms. The van der Waals surface area contributed by atoms with Gasteiger partial charge in [-0.05, 0) is 68.8 Å². The first kappa shape index (κ1) is 15.8. The molecule has 0 unspecified atom stereocenters. The van der Waals surface area contributed by atoms with Gasteiger partial charge < -0.3 is 4.57 Å². The van der Waals surface area contributed by atoms with Crippen LogP contribution in [-0.4, -0.2) is 10.8 Å². The fourth-order valence-electron chi connectivity index (χ4n) is 2.75. The van der Waals surface area contributed by atoms with Gasteiger partial charge in [0.2, 0.25) is 0 Å². The molecule has 2 aromatic carbocycles. The Kier molecular flexibility index (Phi) is 4.49. The van der Waals surface area contributed by atoms with Gasteiger partial charge in [-0.3, -0.25) is 4.99 Å². The third-order valence-corrected chi connectivity index (χ3v) is 4.44. The van der Waals surface area contributed by atoms with E-state index < -0.39 is 0 Å². The molecule has 0 bridgehead atoms. The second kappa shape index (κ2) is 6.55. The first-order valence-corrected chi connectivity index (χ1v) is 8.39. The van der Waals surface area contributed by atoms with Gasteiger partial charge in [-0.25, -0.2) is 0 Å². The fraction of sp³-hybridized carbons (Fsp3) is 0.150. The van der Waals surface area contributed by atoms with Crippen molar-refractivity contribution in [3.63, 3.8) is 0 Å². The quantitative estimate of drug-likeness (QED) is 0.512. The highest BCUT2D eigenvalue weighted by Gasteiger charge is 2.09. The Labute approximate surface area is 145 Å². The second-order valence-electron chi connectivity index (χ2n) is 5.74. The van der Waals surface area contributed by atoms with Crippen molar-refractivity contribution >= 4 is 27.8 Å². The third-order valence-electron chi connectivity index (χ3n) is 3.91. The van der Waals surface area contributed by atoms with E-state index in [1.807, 2.05) is 30.5 Å². The van der Waals surface area contributed by atoms with Crippen LogP contribution in [0.2, 0.25) is 0 Å². The van der Waals surface area contributed by atoms with Crippen molar-refractivity contribution in [3.8, 4) is 5.69 Å². The molecule has 1 heterocycles. The highest BCUT2D eigenvalue weighted by molar-refractivity contribution is 9.10. The van der Waals surface area contributed by atoms with Crippen molar-refractivity contribution in [1.29, 1.82) is 0 Å². The summed E-state index contributed by atoms with van der Waals surface area (Å²) < 4.78 is 3.34. The molecule has 0 saturated heterocycles. The molecule has 116 valence electrons. The summed E-state index contributed by atoms with van der Waals surface area (Å²) in [6.45, 7) is 6.39. The number of nitrogens with zero attached hydrogens (tertiary/aromatic N) is 2. The van der Waals surface area contributed by atoms with Crippen LogP contribution in [0.1, 0.15) is 22.5 Å². The summed E-state index contributed by atoms with van der Waals surface area (Å²) in [5.74, 6) is 0. The molecule has 0 aliphatic heterocycles. The molecule has 0 atom stereocenters. The van der Waals surface area contributed by atoms with Crippen LogP contribution in [0.15, 0.2) is 64.1 Å². The summed E-state index contributed by atoms with van der Waals surface area (Å²) in [7, 11) is 0. The summed E-state index contributed by atoms with van der Waals surface area (Å²) in [5.41, 5.74) is 6.98. The maximum Gasteiger partial charge on any atom is 0.0630 e. The van der Waals surface area contributed by atoms with Crippen LogP contribution in [0.25, 0.3) is 5.69 Å². The van der Waals surface area contributed by atoms with Gasteiger partial charge in [0, 0.05) is 33.3 Å². The van der Waals surface area contributed by atoms with E-state index in [0.717, 1.165) is 15.7 Å². The van der Waals surface area contributed by atoms with Crippen LogP contribution >= 0.6 is 15.9 Å². The smallest absolute Gasteiger partial charge is 0.0630 e. The van der Waals surface area contributed by atoms with Crippen molar-refractivity contribution in [2.75, 3.05) is 0 Å². The first-order valence-electron chi connectivity index (χ1n) is 7.60. The van der Waals surface area contributed by atoms with Gasteiger partial charge in [-0.2, -0.15) is 0 Å². The predicted molar refractivity (Wildman–Crippen MR) is 101 cm³/mol. The van der Waals surface area contributed by atoms with Crippen LogP contribution in [0.4, 0.5) is 5.69 Å². The molecule has 0 radical (unpaired) electrons. The zero-order valence-electron chi connectivity index (χ0n) is 13.5. The molecule has 3 heteroatoms. The molecule has 3 rings (SSSR count). The molecule has 0 aliphatic carbocycles. The Bertz CT molecular complexity index is 858. The number of benzene rings is 2. The Morgan fingerprint density at radius 2 is 1.70 bits per heavy atom. The zero-order valence-corrected chi connectivity index (χ0v) is 15.1. The maximum absolute atomic E-state index is 4.58. The molecule has 0 spiro atoms. The molecular formula is C20H19BrN2. The topological polar surface area (TPSA) is 17.3 Å². The minimum absolute atomic E-state index is 0.952. The molecule has 0 fully saturated rings. The van der Waals surface area contributed by atoms with Crippen LogP contribution in [0.3, 0.4) is 0 Å². The summed E-state index contributed by atoms with van der Waals surface area (Å²) in [5, 5.41) is 0. The number of halogens is 1. The van der Waals surface area contributed by atoms with Crippen LogP contribution in [0.5, 0.6) is 0 Å². The summed E-state index contributed by atoms with van der Waals surface area (Å²) in [6, 6.07) is 18.7. The molecule has 1 aromatic heterocycles. The average Bonchev–Trinajstić information content (AvgIpc) is 2.81. The van der Waals surface area contributed by atoms with Gasteiger partial charge in [0.15, 0.2) is 0 Å². The maximum atomic E-state index is 4.58. The number of hydrogen-bond acceptors (Lipinski definition) is 1. The molecule has 0 N–H and O–H groups in total. The van der Waals surface area contributed by atoms with Crippen LogP contribution in [0, 0.1) is 20.8 Å². The first-order chi connectivity index (χ1) is 11.0. The molecule has 2 nitrogen and oxygen atoms in total. The van der Waals surface area contributed by atoms with Gasteiger partial charge in [-0.15, -0.1) is 0 Å². The lowest BCUT2D eigenvalue weighted by atomic mass is 10.2. The van der Waals surface area contributed by atoms with Crippen molar-refractivity contribution < 1.29 is 0 Å². The largest absolute Gasteiger partial charge is 0.318 e. The number of hydrogen-bond donors (Lipinski definition) is 0. The minimum Gasteiger partial charge on any atom is -0.318 e. The Morgan fingerprint density at radius 3 is 2.39 bits per heavy atom. The van der Waals surface area contributed by atoms with Crippen molar-refractivity contribution in [1.82, 2.24) is 4.57 Å². The Hall–Kier alpha value is -2.13. The molecular weight excluding hydrogens is 348 g/mol. The zero-order chi connectivity index (χ0) is 16.4. The number of rotatable bonds is 3. The highest BCUT2D eigenvalue weighted by atomic mass is 79.9. The standard InChI is InChI=1S/C20H19BrN2/c1-14-5-4-6-20(11-14)23-15(2)12-17(16(23)3)13-22-19-9-7-18(21)8-10-19/h4-13H,1-3H3. The van der Waals surface area contributed by atoms with E-state index in [1.165, 1.54) is 22.6 Å². The van der Waals surface area contributed by atoms with Crippen LogP contribution in [-0.2, 0) is 0 Å². The molecule has 0 amide bonds. The molecule has 0 aliphatic rings. The second-order valence-corrected chi connectivity index (χ2v) is 6.65. The monoisotopic (exact) mass is 366 g/mol. The lowest BCUT2D eigenvalue weighted by Gasteiger charge is -2.10. The normalized spacial score (nSPS) is 11.3. The van der Waals surface area contributed by atoms with Gasteiger partial charge in [-0.1, -0.05) is 28.1 Å². The van der Waals surface area contributed by atoms with Crippen molar-refractivity contribution in [2.45, 2.75) is 20.8 Å². The third kappa shape index (κ3) is 3.45. The van der Waals surface area contributed by atoms with Crippen molar-refractivity contribution in [3.05, 3.63) is 81.6 Å². The van der Waals surface area contributed by atoms with E-state index in [0.29, 0.717) is 0 Å². The number of aliphatic imine (C=N–C) groups is 1. The lowest BCUT2D eigenvalue weighted by Crippen LogP contribution is -1.99. The van der Waals surface area contributed by atoms with E-state index >= 15 is 0 Å². The fourth-order valence-corrected chi connectivity index (χ4v) is 3.02. The van der Waals surface area contributed by atoms with Gasteiger partial charge in [0.1, 0.15) is 0 Å². The van der Waals surface area contributed by atoms with E-state index in [-0.39, 0.29) is 0 Å². The summed E-state index contributed by atoms with van der Waals surface area (Å²) >= 11 is 3.44. The number of aryl methyl sites for hydroxylation is 2. The summed E-state index contributed by atoms with van der Waals surface area (Å²) in [4.78, 5) is 4.58. The minimum atomic E-state index is 0.952. The SMILES string of the molecule is Cc1cccc(-n2c(C)cc(C=Nc3ccc(Br)cc3)c2C)c1. The van der Waals surface area contributed by atoms with E-state index in [1.54, 1.807) is 0 Å². The van der Waals surface area contributed by atoms with Gasteiger partial charge in [0.05, 0.1) is 5.69 Å². The summed E-state index contributed by atoms with van der Waals surface area (Å²) in [6.07, 6.45) is 1.94. The molecule has 3 aromatic rings. The number of aromatic nitrogens is 1. The Morgan fingerprint density at radius 1 is 0.957 bits per heavy atom. The van der Waals surface area contributed by atoms with Gasteiger partial charge in [0.25, 0.3) is 0 Å². The molecule has 0 saturated carbocycles. The van der Waals surface area contributed by atoms with E-state index in [9.17, 15) is 0 Å². The van der Waals surface area contributed by atoms with Gasteiger partial charge >= 0.3 is 0 Å². The van der Waals surface area contributed by atoms with Crippen LogP contribution < -0.4 is 0 Å². The highest BCUT2D eigenvalue weighted by Crippen LogP contribution is 2.22. The van der Waals surface area contributed by atoms with E-state index in [4.69, 9.17) is 0 Å². The lowest BCUT2D eigenvalue weighted by molar-refractivity contribution is 0.963. The Balaban J connectivity index is 1.96.